The van der Waals surface area contributed by atoms with Crippen LogP contribution in [0.25, 0.3) is 0 Å². The van der Waals surface area contributed by atoms with Crippen LogP contribution in [0.4, 0.5) is 5.69 Å². The van der Waals surface area contributed by atoms with Gasteiger partial charge in [-0.2, -0.15) is 0 Å². The quantitative estimate of drug-likeness (QED) is 0.801. The van der Waals surface area contributed by atoms with Gasteiger partial charge in [-0.1, -0.05) is 41.6 Å². The number of benzene rings is 1. The van der Waals surface area contributed by atoms with Crippen LogP contribution in [0.15, 0.2) is 16.6 Å². The third kappa shape index (κ3) is 3.51. The van der Waals surface area contributed by atoms with Crippen LogP contribution in [-0.4, -0.2) is 12.1 Å². The van der Waals surface area contributed by atoms with Crippen LogP contribution in [0.1, 0.15) is 49.7 Å². The lowest BCUT2D eigenvalue weighted by Gasteiger charge is -2.34. The third-order valence-corrected chi connectivity index (χ3v) is 5.55. The second-order valence-corrected chi connectivity index (χ2v) is 6.74. The SMILES string of the molecule is Cc1cc(NC2(CN)CCCCCC2)cc(C)c1Br. The molecule has 3 N–H and O–H groups in total. The molecule has 0 atom stereocenters. The molecule has 0 unspecified atom stereocenters. The van der Waals surface area contributed by atoms with E-state index in [9.17, 15) is 0 Å². The summed E-state index contributed by atoms with van der Waals surface area (Å²) in [7, 11) is 0. The van der Waals surface area contributed by atoms with E-state index >= 15 is 0 Å². The summed E-state index contributed by atoms with van der Waals surface area (Å²) in [6.45, 7) is 5.01. The average Bonchev–Trinajstić information content (AvgIpc) is 2.62. The molecule has 0 bridgehead atoms. The molecule has 0 aliphatic heterocycles. The van der Waals surface area contributed by atoms with E-state index in [2.05, 4.69) is 47.2 Å². The van der Waals surface area contributed by atoms with Crippen LogP contribution < -0.4 is 11.1 Å². The molecule has 0 amide bonds. The molecule has 1 saturated carbocycles. The highest BCUT2D eigenvalue weighted by Crippen LogP contribution is 2.32. The summed E-state index contributed by atoms with van der Waals surface area (Å²) in [6, 6.07) is 4.44. The van der Waals surface area contributed by atoms with E-state index in [0.717, 1.165) is 6.54 Å². The van der Waals surface area contributed by atoms with Crippen molar-refractivity contribution in [2.75, 3.05) is 11.9 Å². The molecule has 3 heteroatoms. The first-order valence-corrected chi connectivity index (χ1v) is 8.11. The van der Waals surface area contributed by atoms with Gasteiger partial charge < -0.3 is 11.1 Å². The Bertz CT molecular complexity index is 411. The lowest BCUT2D eigenvalue weighted by Crippen LogP contribution is -2.45. The zero-order valence-corrected chi connectivity index (χ0v) is 13.6. The van der Waals surface area contributed by atoms with Gasteiger partial charge in [0.1, 0.15) is 0 Å². The van der Waals surface area contributed by atoms with Crippen LogP contribution in [0.2, 0.25) is 0 Å². The van der Waals surface area contributed by atoms with Gasteiger partial charge in [0, 0.05) is 22.2 Å². The maximum absolute atomic E-state index is 6.09. The Morgan fingerprint density at radius 2 is 1.63 bits per heavy atom. The smallest absolute Gasteiger partial charge is 0.0495 e. The zero-order valence-electron chi connectivity index (χ0n) is 12.1. The Balaban J connectivity index is 2.22. The minimum atomic E-state index is 0.100. The molecule has 106 valence electrons. The van der Waals surface area contributed by atoms with E-state index in [0.29, 0.717) is 0 Å². The van der Waals surface area contributed by atoms with Crippen LogP contribution in [0.3, 0.4) is 0 Å². The summed E-state index contributed by atoms with van der Waals surface area (Å²) in [5, 5.41) is 3.75. The number of nitrogens with two attached hydrogens (primary N) is 1. The highest BCUT2D eigenvalue weighted by Gasteiger charge is 2.29. The average molecular weight is 325 g/mol. The molecule has 0 saturated heterocycles. The molecule has 2 nitrogen and oxygen atoms in total. The van der Waals surface area contributed by atoms with Crippen LogP contribution >= 0.6 is 15.9 Å². The highest BCUT2D eigenvalue weighted by atomic mass is 79.9. The maximum atomic E-state index is 6.09. The van der Waals surface area contributed by atoms with Gasteiger partial charge in [0.25, 0.3) is 0 Å². The summed E-state index contributed by atoms with van der Waals surface area (Å²) >= 11 is 3.63. The first-order chi connectivity index (χ1) is 9.06. The first kappa shape index (κ1) is 14.9. The molecule has 2 rings (SSSR count). The minimum absolute atomic E-state index is 0.100. The predicted molar refractivity (Wildman–Crippen MR) is 86.7 cm³/mol. The number of halogens is 1. The Hall–Kier alpha value is -0.540. The molecule has 0 heterocycles. The summed E-state index contributed by atoms with van der Waals surface area (Å²) < 4.78 is 1.21. The summed E-state index contributed by atoms with van der Waals surface area (Å²) in [6.07, 6.45) is 7.66. The monoisotopic (exact) mass is 324 g/mol. The molecule has 0 aromatic heterocycles. The number of anilines is 1. The fourth-order valence-corrected chi connectivity index (χ4v) is 3.34. The first-order valence-electron chi connectivity index (χ1n) is 7.31. The second kappa shape index (κ2) is 6.27. The fraction of sp³-hybridized carbons (Fsp3) is 0.625. The van der Waals surface area contributed by atoms with Gasteiger partial charge in [0.05, 0.1) is 0 Å². The van der Waals surface area contributed by atoms with Crippen molar-refractivity contribution in [2.45, 2.75) is 57.9 Å². The Morgan fingerprint density at radius 3 is 2.11 bits per heavy atom. The van der Waals surface area contributed by atoms with Crippen molar-refractivity contribution < 1.29 is 0 Å². The van der Waals surface area contributed by atoms with E-state index in [4.69, 9.17) is 5.73 Å². The number of hydrogen-bond donors (Lipinski definition) is 2. The highest BCUT2D eigenvalue weighted by molar-refractivity contribution is 9.10. The largest absolute Gasteiger partial charge is 0.378 e. The van der Waals surface area contributed by atoms with Gasteiger partial charge in [-0.15, -0.1) is 0 Å². The molecular formula is C16H25BrN2. The number of aryl methyl sites for hydroxylation is 2. The zero-order chi connectivity index (χ0) is 13.9. The summed E-state index contributed by atoms with van der Waals surface area (Å²) in [5.74, 6) is 0. The number of hydrogen-bond acceptors (Lipinski definition) is 2. The van der Waals surface area contributed by atoms with Gasteiger partial charge in [-0.25, -0.2) is 0 Å². The predicted octanol–water partition coefficient (Wildman–Crippen LogP) is 4.53. The molecule has 19 heavy (non-hydrogen) atoms. The lowest BCUT2D eigenvalue weighted by atomic mass is 9.89. The van der Waals surface area contributed by atoms with E-state index < -0.39 is 0 Å². The van der Waals surface area contributed by atoms with Crippen LogP contribution in [0.5, 0.6) is 0 Å². The number of rotatable bonds is 3. The van der Waals surface area contributed by atoms with Gasteiger partial charge >= 0.3 is 0 Å². The molecular weight excluding hydrogens is 300 g/mol. The van der Waals surface area contributed by atoms with Crippen molar-refractivity contribution >= 4 is 21.6 Å². The Labute approximate surface area is 125 Å². The van der Waals surface area contributed by atoms with Crippen LogP contribution in [-0.2, 0) is 0 Å². The van der Waals surface area contributed by atoms with Crippen molar-refractivity contribution in [2.24, 2.45) is 5.73 Å². The molecule has 0 radical (unpaired) electrons. The topological polar surface area (TPSA) is 38.0 Å². The van der Waals surface area contributed by atoms with Gasteiger partial charge in [0.2, 0.25) is 0 Å². The molecule has 1 aromatic carbocycles. The van der Waals surface area contributed by atoms with E-state index in [1.807, 2.05) is 0 Å². The van der Waals surface area contributed by atoms with E-state index in [1.165, 1.54) is 59.8 Å². The molecule has 1 aliphatic rings. The van der Waals surface area contributed by atoms with E-state index in [-0.39, 0.29) is 5.54 Å². The fourth-order valence-electron chi connectivity index (χ4n) is 3.11. The van der Waals surface area contributed by atoms with Crippen molar-refractivity contribution in [1.82, 2.24) is 0 Å². The minimum Gasteiger partial charge on any atom is -0.378 e. The van der Waals surface area contributed by atoms with Gasteiger partial charge in [-0.05, 0) is 49.9 Å². The third-order valence-electron chi connectivity index (χ3n) is 4.30. The Kier molecular flexibility index (Phi) is 4.91. The maximum Gasteiger partial charge on any atom is 0.0495 e. The van der Waals surface area contributed by atoms with Crippen molar-refractivity contribution in [3.05, 3.63) is 27.7 Å². The summed E-state index contributed by atoms with van der Waals surface area (Å²) in [5.41, 5.74) is 9.97. The van der Waals surface area contributed by atoms with Crippen molar-refractivity contribution in [3.63, 3.8) is 0 Å². The molecule has 1 aliphatic carbocycles. The van der Waals surface area contributed by atoms with Gasteiger partial charge in [-0.3, -0.25) is 0 Å². The van der Waals surface area contributed by atoms with Gasteiger partial charge in [0.15, 0.2) is 0 Å². The Morgan fingerprint density at radius 1 is 1.11 bits per heavy atom. The lowest BCUT2D eigenvalue weighted by molar-refractivity contribution is 0.418. The summed E-state index contributed by atoms with van der Waals surface area (Å²) in [4.78, 5) is 0. The molecule has 1 aromatic rings. The van der Waals surface area contributed by atoms with Crippen molar-refractivity contribution in [3.8, 4) is 0 Å². The van der Waals surface area contributed by atoms with E-state index in [1.54, 1.807) is 0 Å². The van der Waals surface area contributed by atoms with Crippen LogP contribution in [0, 0.1) is 13.8 Å². The second-order valence-electron chi connectivity index (χ2n) is 5.95. The molecule has 1 fully saturated rings. The van der Waals surface area contributed by atoms with Crippen molar-refractivity contribution in [1.29, 1.82) is 0 Å². The number of nitrogens with one attached hydrogen (secondary N) is 1. The standard InChI is InChI=1S/C16H25BrN2/c1-12-9-14(10-13(2)15(12)17)19-16(11-18)7-5-3-4-6-8-16/h9-10,19H,3-8,11,18H2,1-2H3. The molecule has 0 spiro atoms. The normalized spacial score (nSPS) is 18.9.